The number of nitrogens with zero attached hydrogens (tertiary/aromatic N) is 2. The second kappa shape index (κ2) is 5.13. The summed E-state index contributed by atoms with van der Waals surface area (Å²) in [5.41, 5.74) is 2.12. The maximum absolute atomic E-state index is 12.9. The summed E-state index contributed by atoms with van der Waals surface area (Å²) < 4.78 is 0. The molecule has 0 saturated carbocycles. The molecule has 22 heavy (non-hydrogen) atoms. The van der Waals surface area contributed by atoms with Crippen LogP contribution in [0.15, 0.2) is 30.5 Å². The SMILES string of the molecule is CN1CCCC12CCCN(C(=O)c1ccc3[nH]ccc3c1)C2. The average molecular weight is 297 g/mol. The molecule has 4 rings (SSSR count). The van der Waals surface area contributed by atoms with Gasteiger partial charge in [0.05, 0.1) is 0 Å². The number of H-pyrrole nitrogens is 1. The number of likely N-dealkylation sites (tertiary alicyclic amines) is 2. The zero-order valence-electron chi connectivity index (χ0n) is 13.1. The molecule has 2 saturated heterocycles. The Labute approximate surface area is 131 Å². The van der Waals surface area contributed by atoms with E-state index in [9.17, 15) is 4.79 Å². The van der Waals surface area contributed by atoms with Crippen molar-refractivity contribution in [1.29, 1.82) is 0 Å². The van der Waals surface area contributed by atoms with Gasteiger partial charge in [0.15, 0.2) is 0 Å². The van der Waals surface area contributed by atoms with Gasteiger partial charge < -0.3 is 9.88 Å². The quantitative estimate of drug-likeness (QED) is 0.879. The summed E-state index contributed by atoms with van der Waals surface area (Å²) >= 11 is 0. The van der Waals surface area contributed by atoms with Crippen LogP contribution in [-0.2, 0) is 0 Å². The zero-order chi connectivity index (χ0) is 15.2. The smallest absolute Gasteiger partial charge is 0.253 e. The van der Waals surface area contributed by atoms with E-state index in [0.29, 0.717) is 0 Å². The minimum absolute atomic E-state index is 0.183. The summed E-state index contributed by atoms with van der Waals surface area (Å²) in [6.07, 6.45) is 6.74. The Kier molecular flexibility index (Phi) is 3.22. The van der Waals surface area contributed by atoms with Gasteiger partial charge in [-0.1, -0.05) is 0 Å². The average Bonchev–Trinajstić information content (AvgIpc) is 3.14. The van der Waals surface area contributed by atoms with Crippen molar-refractivity contribution in [1.82, 2.24) is 14.8 Å². The number of fused-ring (bicyclic) bond motifs is 1. The molecular formula is C18H23N3O. The van der Waals surface area contributed by atoms with Crippen LogP contribution in [-0.4, -0.2) is 52.9 Å². The molecule has 1 amide bonds. The molecular weight excluding hydrogens is 274 g/mol. The molecule has 0 bridgehead atoms. The van der Waals surface area contributed by atoms with Crippen molar-refractivity contribution in [3.05, 3.63) is 36.0 Å². The van der Waals surface area contributed by atoms with Gasteiger partial charge in [0.1, 0.15) is 0 Å². The molecule has 2 aliphatic rings. The molecule has 4 heteroatoms. The summed E-state index contributed by atoms with van der Waals surface area (Å²) in [6.45, 7) is 2.93. The lowest BCUT2D eigenvalue weighted by molar-refractivity contribution is 0.0412. The number of likely N-dealkylation sites (N-methyl/N-ethyl adjacent to an activating group) is 1. The highest BCUT2D eigenvalue weighted by Gasteiger charge is 2.43. The Morgan fingerprint density at radius 2 is 2.00 bits per heavy atom. The molecule has 3 heterocycles. The van der Waals surface area contributed by atoms with Gasteiger partial charge in [-0.3, -0.25) is 9.69 Å². The minimum atomic E-state index is 0.183. The summed E-state index contributed by atoms with van der Waals surface area (Å²) in [7, 11) is 2.22. The van der Waals surface area contributed by atoms with Crippen LogP contribution in [0.5, 0.6) is 0 Å². The summed E-state index contributed by atoms with van der Waals surface area (Å²) in [4.78, 5) is 20.6. The Bertz CT molecular complexity index is 707. The predicted octanol–water partition coefficient (Wildman–Crippen LogP) is 2.87. The minimum Gasteiger partial charge on any atom is -0.361 e. The van der Waals surface area contributed by atoms with E-state index in [1.54, 1.807) is 0 Å². The zero-order valence-corrected chi connectivity index (χ0v) is 13.1. The highest BCUT2D eigenvalue weighted by molar-refractivity contribution is 5.98. The van der Waals surface area contributed by atoms with E-state index < -0.39 is 0 Å². The monoisotopic (exact) mass is 297 g/mol. The van der Waals surface area contributed by atoms with Crippen molar-refractivity contribution in [2.45, 2.75) is 31.2 Å². The third-order valence-electron chi connectivity index (χ3n) is 5.59. The van der Waals surface area contributed by atoms with Gasteiger partial charge in [-0.2, -0.15) is 0 Å². The van der Waals surface area contributed by atoms with Crippen LogP contribution >= 0.6 is 0 Å². The number of hydrogen-bond donors (Lipinski definition) is 1. The van der Waals surface area contributed by atoms with Gasteiger partial charge in [0, 0.05) is 41.3 Å². The molecule has 1 spiro atoms. The second-order valence-electron chi connectivity index (χ2n) is 6.86. The number of amides is 1. The standard InChI is InChI=1S/C18H23N3O/c1-20-10-2-7-18(20)8-3-11-21(13-18)17(22)15-4-5-16-14(12-15)6-9-19-16/h4-6,9,12,19H,2-3,7-8,10-11,13H2,1H3. The number of piperidine rings is 1. The molecule has 1 atom stereocenters. The Balaban J connectivity index is 1.59. The predicted molar refractivity (Wildman–Crippen MR) is 88.0 cm³/mol. The third-order valence-corrected chi connectivity index (χ3v) is 5.59. The molecule has 0 radical (unpaired) electrons. The molecule has 1 unspecified atom stereocenters. The molecule has 1 aromatic carbocycles. The van der Waals surface area contributed by atoms with Crippen LogP contribution in [0.1, 0.15) is 36.0 Å². The number of aromatic amines is 1. The van der Waals surface area contributed by atoms with Gasteiger partial charge in [-0.05, 0) is 63.5 Å². The molecule has 2 aliphatic heterocycles. The fraction of sp³-hybridized carbons (Fsp3) is 0.500. The van der Waals surface area contributed by atoms with E-state index in [1.807, 2.05) is 30.5 Å². The molecule has 4 nitrogen and oxygen atoms in total. The number of benzene rings is 1. The number of carbonyl (C=O) groups is 1. The Morgan fingerprint density at radius 3 is 2.82 bits per heavy atom. The topological polar surface area (TPSA) is 39.3 Å². The van der Waals surface area contributed by atoms with E-state index in [2.05, 4.69) is 21.8 Å². The second-order valence-corrected chi connectivity index (χ2v) is 6.86. The van der Waals surface area contributed by atoms with E-state index >= 15 is 0 Å². The van der Waals surface area contributed by atoms with Crippen LogP contribution in [0, 0.1) is 0 Å². The number of carbonyl (C=O) groups excluding carboxylic acids is 1. The maximum atomic E-state index is 12.9. The van der Waals surface area contributed by atoms with E-state index in [4.69, 9.17) is 0 Å². The lowest BCUT2D eigenvalue weighted by atomic mass is 9.86. The number of aromatic nitrogens is 1. The van der Waals surface area contributed by atoms with E-state index in [1.165, 1.54) is 19.3 Å². The van der Waals surface area contributed by atoms with Crippen molar-refractivity contribution >= 4 is 16.8 Å². The van der Waals surface area contributed by atoms with Gasteiger partial charge in [0.2, 0.25) is 0 Å². The molecule has 2 fully saturated rings. The molecule has 0 aliphatic carbocycles. The van der Waals surface area contributed by atoms with Gasteiger partial charge in [-0.25, -0.2) is 0 Å². The first-order valence-electron chi connectivity index (χ1n) is 8.26. The Hall–Kier alpha value is -1.81. The van der Waals surface area contributed by atoms with Crippen molar-refractivity contribution in [2.24, 2.45) is 0 Å². The molecule has 1 N–H and O–H groups in total. The van der Waals surface area contributed by atoms with E-state index in [0.717, 1.165) is 42.5 Å². The number of rotatable bonds is 1. The van der Waals surface area contributed by atoms with E-state index in [-0.39, 0.29) is 11.4 Å². The van der Waals surface area contributed by atoms with Gasteiger partial charge in [-0.15, -0.1) is 0 Å². The van der Waals surface area contributed by atoms with Gasteiger partial charge >= 0.3 is 0 Å². The normalized spacial score (nSPS) is 26.1. The van der Waals surface area contributed by atoms with Crippen molar-refractivity contribution in [3.63, 3.8) is 0 Å². The highest BCUT2D eigenvalue weighted by Crippen LogP contribution is 2.36. The maximum Gasteiger partial charge on any atom is 0.253 e. The lowest BCUT2D eigenvalue weighted by Gasteiger charge is -2.44. The molecule has 116 valence electrons. The number of hydrogen-bond acceptors (Lipinski definition) is 2. The number of nitrogens with one attached hydrogen (secondary N) is 1. The van der Waals surface area contributed by atoms with Crippen LogP contribution in [0.4, 0.5) is 0 Å². The largest absolute Gasteiger partial charge is 0.361 e. The first kappa shape index (κ1) is 13.8. The summed E-state index contributed by atoms with van der Waals surface area (Å²) in [5.74, 6) is 0.183. The fourth-order valence-electron chi connectivity index (χ4n) is 4.24. The fourth-order valence-corrected chi connectivity index (χ4v) is 4.24. The first-order chi connectivity index (χ1) is 10.7. The highest BCUT2D eigenvalue weighted by atomic mass is 16.2. The lowest BCUT2D eigenvalue weighted by Crippen LogP contribution is -2.55. The molecule has 2 aromatic rings. The summed E-state index contributed by atoms with van der Waals surface area (Å²) in [6, 6.07) is 7.98. The first-order valence-corrected chi connectivity index (χ1v) is 8.26. The van der Waals surface area contributed by atoms with Crippen molar-refractivity contribution in [3.8, 4) is 0 Å². The van der Waals surface area contributed by atoms with Crippen LogP contribution in [0.2, 0.25) is 0 Å². The van der Waals surface area contributed by atoms with Crippen LogP contribution < -0.4 is 0 Å². The van der Waals surface area contributed by atoms with Crippen molar-refractivity contribution in [2.75, 3.05) is 26.7 Å². The van der Waals surface area contributed by atoms with Crippen LogP contribution in [0.25, 0.3) is 10.9 Å². The third kappa shape index (κ3) is 2.13. The van der Waals surface area contributed by atoms with Crippen LogP contribution in [0.3, 0.4) is 0 Å². The Morgan fingerprint density at radius 1 is 1.18 bits per heavy atom. The summed E-state index contributed by atoms with van der Waals surface area (Å²) in [5, 5.41) is 1.11. The van der Waals surface area contributed by atoms with Crippen molar-refractivity contribution < 1.29 is 4.79 Å². The molecule has 1 aromatic heterocycles. The van der Waals surface area contributed by atoms with Gasteiger partial charge in [0.25, 0.3) is 5.91 Å².